The van der Waals surface area contributed by atoms with E-state index in [4.69, 9.17) is 0 Å². The van der Waals surface area contributed by atoms with Crippen LogP contribution in [0.15, 0.2) is 60.8 Å². The summed E-state index contributed by atoms with van der Waals surface area (Å²) in [4.78, 5) is 0. The van der Waals surface area contributed by atoms with Gasteiger partial charge >= 0.3 is 0 Å². The normalized spacial score (nSPS) is 12.2. The monoisotopic (exact) mass is 265 g/mol. The maximum Gasteiger partial charge on any atom is 0.156 e. The summed E-state index contributed by atoms with van der Waals surface area (Å²) >= 11 is 0. The summed E-state index contributed by atoms with van der Waals surface area (Å²) in [7, 11) is 0. The molecule has 0 aliphatic heterocycles. The molecule has 1 heterocycles. The second kappa shape index (κ2) is 5.67. The van der Waals surface area contributed by atoms with Crippen LogP contribution in [0.5, 0.6) is 0 Å². The van der Waals surface area contributed by atoms with Gasteiger partial charge in [0.1, 0.15) is 0 Å². The van der Waals surface area contributed by atoms with E-state index in [0.717, 1.165) is 16.3 Å². The van der Waals surface area contributed by atoms with Crippen LogP contribution in [-0.4, -0.2) is 21.8 Å². The quantitative estimate of drug-likeness (QED) is 0.761. The molecule has 0 spiro atoms. The second-order valence-electron chi connectivity index (χ2n) is 4.59. The largest absolute Gasteiger partial charge is 0.387 e. The van der Waals surface area contributed by atoms with Gasteiger partial charge < -0.3 is 10.4 Å². The molecule has 2 aromatic carbocycles. The maximum atomic E-state index is 10.1. The number of aliphatic hydroxyl groups is 1. The Morgan fingerprint density at radius 3 is 2.60 bits per heavy atom. The lowest BCUT2D eigenvalue weighted by atomic mass is 10.1. The Morgan fingerprint density at radius 1 is 1.00 bits per heavy atom. The number of hydrogen-bond acceptors (Lipinski definition) is 4. The van der Waals surface area contributed by atoms with Gasteiger partial charge in [-0.3, -0.25) is 0 Å². The van der Waals surface area contributed by atoms with Crippen molar-refractivity contribution >= 4 is 16.6 Å². The van der Waals surface area contributed by atoms with E-state index >= 15 is 0 Å². The van der Waals surface area contributed by atoms with E-state index in [2.05, 4.69) is 15.5 Å². The molecule has 0 saturated carbocycles. The van der Waals surface area contributed by atoms with Gasteiger partial charge in [0.05, 0.1) is 12.3 Å². The minimum absolute atomic E-state index is 0.396. The summed E-state index contributed by atoms with van der Waals surface area (Å²) in [6.07, 6.45) is 1.16. The van der Waals surface area contributed by atoms with Gasteiger partial charge in [-0.05, 0) is 5.56 Å². The lowest BCUT2D eigenvalue weighted by Crippen LogP contribution is -2.13. The smallest absolute Gasteiger partial charge is 0.156 e. The summed E-state index contributed by atoms with van der Waals surface area (Å²) in [5.41, 5.74) is 0.883. The molecule has 4 heteroatoms. The Kier molecular flexibility index (Phi) is 3.56. The van der Waals surface area contributed by atoms with Gasteiger partial charge in [0.15, 0.2) is 5.82 Å². The molecule has 2 N–H and O–H groups in total. The second-order valence-corrected chi connectivity index (χ2v) is 4.59. The zero-order chi connectivity index (χ0) is 13.8. The predicted molar refractivity (Wildman–Crippen MR) is 79.4 cm³/mol. The van der Waals surface area contributed by atoms with E-state index in [1.165, 1.54) is 0 Å². The number of aromatic nitrogens is 2. The maximum absolute atomic E-state index is 10.1. The third-order valence-electron chi connectivity index (χ3n) is 3.22. The number of hydrogen-bond donors (Lipinski definition) is 2. The highest BCUT2D eigenvalue weighted by atomic mass is 16.3. The average Bonchev–Trinajstić information content (AvgIpc) is 2.53. The van der Waals surface area contributed by atoms with Gasteiger partial charge in [-0.15, -0.1) is 5.10 Å². The third-order valence-corrected chi connectivity index (χ3v) is 3.22. The van der Waals surface area contributed by atoms with Crippen LogP contribution in [0.4, 0.5) is 5.82 Å². The molecule has 100 valence electrons. The van der Waals surface area contributed by atoms with E-state index < -0.39 is 6.10 Å². The molecule has 1 unspecified atom stereocenters. The van der Waals surface area contributed by atoms with Crippen LogP contribution in [0, 0.1) is 0 Å². The molecule has 0 bridgehead atoms. The van der Waals surface area contributed by atoms with Crippen molar-refractivity contribution in [3.05, 3.63) is 66.4 Å². The predicted octanol–water partition coefficient (Wildman–Crippen LogP) is 2.78. The van der Waals surface area contributed by atoms with Crippen LogP contribution in [0.3, 0.4) is 0 Å². The van der Waals surface area contributed by atoms with Gasteiger partial charge in [-0.2, -0.15) is 5.10 Å². The summed E-state index contributed by atoms with van der Waals surface area (Å²) in [5, 5.41) is 23.4. The Bertz CT molecular complexity index is 695. The zero-order valence-electron chi connectivity index (χ0n) is 10.9. The molecule has 1 atom stereocenters. The number of aliphatic hydroxyl groups excluding tert-OH is 1. The van der Waals surface area contributed by atoms with Crippen LogP contribution in [0.25, 0.3) is 10.8 Å². The standard InChI is InChI=1S/C16H15N3O/c20-15(12-6-2-1-3-7-12)11-17-16-14-9-5-4-8-13(14)10-18-19-16/h1-10,15,20H,11H2,(H,17,19). The molecule has 0 saturated heterocycles. The Morgan fingerprint density at radius 2 is 1.75 bits per heavy atom. The molecule has 0 aliphatic carbocycles. The van der Waals surface area contributed by atoms with E-state index in [-0.39, 0.29) is 0 Å². The van der Waals surface area contributed by atoms with Gasteiger partial charge in [-0.1, -0.05) is 54.6 Å². The van der Waals surface area contributed by atoms with Crippen LogP contribution >= 0.6 is 0 Å². The average molecular weight is 265 g/mol. The van der Waals surface area contributed by atoms with Crippen LogP contribution in [-0.2, 0) is 0 Å². The summed E-state index contributed by atoms with van der Waals surface area (Å²) in [6, 6.07) is 17.5. The van der Waals surface area contributed by atoms with Crippen molar-refractivity contribution in [3.8, 4) is 0 Å². The van der Waals surface area contributed by atoms with Crippen molar-refractivity contribution < 1.29 is 5.11 Å². The molecule has 0 radical (unpaired) electrons. The molecule has 0 fully saturated rings. The number of benzene rings is 2. The first-order valence-electron chi connectivity index (χ1n) is 6.52. The summed E-state index contributed by atoms with van der Waals surface area (Å²) < 4.78 is 0. The topological polar surface area (TPSA) is 58.0 Å². The first-order chi connectivity index (χ1) is 9.84. The van der Waals surface area contributed by atoms with Crippen molar-refractivity contribution in [2.75, 3.05) is 11.9 Å². The highest BCUT2D eigenvalue weighted by Crippen LogP contribution is 2.20. The van der Waals surface area contributed by atoms with Crippen LogP contribution < -0.4 is 5.32 Å². The van der Waals surface area contributed by atoms with E-state index in [1.54, 1.807) is 6.20 Å². The zero-order valence-corrected chi connectivity index (χ0v) is 10.9. The summed E-state index contributed by atoms with van der Waals surface area (Å²) in [6.45, 7) is 0.396. The third kappa shape index (κ3) is 2.60. The number of anilines is 1. The minimum Gasteiger partial charge on any atom is -0.387 e. The molecular weight excluding hydrogens is 250 g/mol. The molecule has 3 aromatic rings. The number of nitrogens with zero attached hydrogens (tertiary/aromatic N) is 2. The fourth-order valence-corrected chi connectivity index (χ4v) is 2.14. The lowest BCUT2D eigenvalue weighted by Gasteiger charge is -2.13. The van der Waals surface area contributed by atoms with Crippen LogP contribution in [0.1, 0.15) is 11.7 Å². The highest BCUT2D eigenvalue weighted by molar-refractivity contribution is 5.90. The molecule has 20 heavy (non-hydrogen) atoms. The molecule has 3 rings (SSSR count). The van der Waals surface area contributed by atoms with Crippen molar-refractivity contribution in [1.29, 1.82) is 0 Å². The first kappa shape index (κ1) is 12.6. The van der Waals surface area contributed by atoms with Gasteiger partial charge in [0, 0.05) is 17.3 Å². The molecule has 0 amide bonds. The van der Waals surface area contributed by atoms with Gasteiger partial charge in [0.25, 0.3) is 0 Å². The number of nitrogens with one attached hydrogen (secondary N) is 1. The number of fused-ring (bicyclic) bond motifs is 1. The Labute approximate surface area is 117 Å². The Balaban J connectivity index is 1.77. The number of rotatable bonds is 4. The van der Waals surface area contributed by atoms with Crippen molar-refractivity contribution in [2.45, 2.75) is 6.10 Å². The molecule has 4 nitrogen and oxygen atoms in total. The fourth-order valence-electron chi connectivity index (χ4n) is 2.14. The molecule has 0 aliphatic rings. The molecule has 1 aromatic heterocycles. The van der Waals surface area contributed by atoms with Gasteiger partial charge in [-0.25, -0.2) is 0 Å². The SMILES string of the molecule is OC(CNc1nncc2ccccc12)c1ccccc1. The first-order valence-corrected chi connectivity index (χ1v) is 6.52. The van der Waals surface area contributed by atoms with Crippen molar-refractivity contribution in [3.63, 3.8) is 0 Å². The van der Waals surface area contributed by atoms with Crippen molar-refractivity contribution in [1.82, 2.24) is 10.2 Å². The van der Waals surface area contributed by atoms with E-state index in [9.17, 15) is 5.11 Å². The Hall–Kier alpha value is -2.46. The summed E-state index contributed by atoms with van der Waals surface area (Å²) in [5.74, 6) is 0.693. The highest BCUT2D eigenvalue weighted by Gasteiger charge is 2.08. The molecular formula is C16H15N3O. The van der Waals surface area contributed by atoms with Crippen LogP contribution in [0.2, 0.25) is 0 Å². The fraction of sp³-hybridized carbons (Fsp3) is 0.125. The van der Waals surface area contributed by atoms with Crippen molar-refractivity contribution in [2.24, 2.45) is 0 Å². The van der Waals surface area contributed by atoms with E-state index in [1.807, 2.05) is 54.6 Å². The lowest BCUT2D eigenvalue weighted by molar-refractivity contribution is 0.191. The van der Waals surface area contributed by atoms with E-state index in [0.29, 0.717) is 12.4 Å². The minimum atomic E-state index is -0.572. The van der Waals surface area contributed by atoms with Gasteiger partial charge in [0.2, 0.25) is 0 Å².